The molecule has 0 N–H and O–H groups in total. The highest BCUT2D eigenvalue weighted by Crippen LogP contribution is 2.33. The zero-order valence-electron chi connectivity index (χ0n) is 10.1. The van der Waals surface area contributed by atoms with Gasteiger partial charge in [-0.2, -0.15) is 0 Å². The zero-order valence-corrected chi connectivity index (χ0v) is 11.6. The molecular weight excluding hydrogens is 255 g/mol. The first-order valence-electron chi connectivity index (χ1n) is 6.15. The van der Waals surface area contributed by atoms with Crippen LogP contribution in [0.4, 0.5) is 0 Å². The molecule has 17 heavy (non-hydrogen) atoms. The first-order chi connectivity index (χ1) is 8.19. The SMILES string of the molecule is COc1ccc(Cl)cc1CC1CCCC(Cl)C1. The van der Waals surface area contributed by atoms with E-state index in [1.54, 1.807) is 7.11 Å². The van der Waals surface area contributed by atoms with Gasteiger partial charge in [-0.15, -0.1) is 11.6 Å². The van der Waals surface area contributed by atoms with Crippen molar-refractivity contribution < 1.29 is 4.74 Å². The topological polar surface area (TPSA) is 9.23 Å². The Morgan fingerprint density at radius 3 is 2.88 bits per heavy atom. The standard InChI is InChI=1S/C14H18Cl2O/c1-17-14-6-5-13(16)9-11(14)7-10-3-2-4-12(15)8-10/h5-6,9-10,12H,2-4,7-8H2,1H3. The Morgan fingerprint density at radius 1 is 1.35 bits per heavy atom. The molecule has 0 heterocycles. The third-order valence-corrected chi connectivity index (χ3v) is 4.10. The lowest BCUT2D eigenvalue weighted by Gasteiger charge is -2.26. The normalized spacial score (nSPS) is 24.6. The van der Waals surface area contributed by atoms with E-state index in [-0.39, 0.29) is 0 Å². The highest BCUT2D eigenvalue weighted by atomic mass is 35.5. The van der Waals surface area contributed by atoms with E-state index in [0.717, 1.165) is 30.0 Å². The van der Waals surface area contributed by atoms with Gasteiger partial charge in [-0.25, -0.2) is 0 Å². The van der Waals surface area contributed by atoms with E-state index in [2.05, 4.69) is 0 Å². The average Bonchev–Trinajstić information content (AvgIpc) is 2.29. The Bertz CT molecular complexity index is 378. The van der Waals surface area contributed by atoms with Crippen molar-refractivity contribution in [3.05, 3.63) is 28.8 Å². The monoisotopic (exact) mass is 272 g/mol. The van der Waals surface area contributed by atoms with E-state index in [9.17, 15) is 0 Å². The molecule has 3 heteroatoms. The summed E-state index contributed by atoms with van der Waals surface area (Å²) in [5, 5.41) is 1.12. The van der Waals surface area contributed by atoms with Crippen LogP contribution in [0.15, 0.2) is 18.2 Å². The maximum atomic E-state index is 6.23. The third kappa shape index (κ3) is 3.53. The lowest BCUT2D eigenvalue weighted by atomic mass is 9.84. The van der Waals surface area contributed by atoms with E-state index in [1.165, 1.54) is 18.4 Å². The molecular formula is C14H18Cl2O. The minimum atomic E-state index is 0.346. The minimum absolute atomic E-state index is 0.346. The number of hydrogen-bond donors (Lipinski definition) is 0. The molecule has 2 unspecified atom stereocenters. The summed E-state index contributed by atoms with van der Waals surface area (Å²) in [6.07, 6.45) is 5.79. The molecule has 94 valence electrons. The molecule has 2 atom stereocenters. The van der Waals surface area contributed by atoms with Gasteiger partial charge in [-0.05, 0) is 48.9 Å². The molecule has 0 radical (unpaired) electrons. The number of alkyl halides is 1. The molecule has 1 nitrogen and oxygen atoms in total. The summed E-state index contributed by atoms with van der Waals surface area (Å²) in [5.41, 5.74) is 1.20. The Morgan fingerprint density at radius 2 is 2.18 bits per heavy atom. The van der Waals surface area contributed by atoms with Gasteiger partial charge in [0.2, 0.25) is 0 Å². The second-order valence-electron chi connectivity index (χ2n) is 4.79. The van der Waals surface area contributed by atoms with E-state index in [0.29, 0.717) is 11.3 Å². The fourth-order valence-corrected chi connectivity index (χ4v) is 3.23. The smallest absolute Gasteiger partial charge is 0.122 e. The van der Waals surface area contributed by atoms with Gasteiger partial charge >= 0.3 is 0 Å². The van der Waals surface area contributed by atoms with Crippen molar-refractivity contribution in [1.29, 1.82) is 0 Å². The van der Waals surface area contributed by atoms with E-state index in [4.69, 9.17) is 27.9 Å². The third-order valence-electron chi connectivity index (χ3n) is 3.47. The Balaban J connectivity index is 2.08. The molecule has 1 aromatic carbocycles. The van der Waals surface area contributed by atoms with Crippen LogP contribution in [-0.4, -0.2) is 12.5 Å². The number of halogens is 2. The number of ether oxygens (including phenoxy) is 1. The largest absolute Gasteiger partial charge is 0.496 e. The van der Waals surface area contributed by atoms with Crippen LogP contribution in [0, 0.1) is 5.92 Å². The molecule has 0 amide bonds. The van der Waals surface area contributed by atoms with E-state index < -0.39 is 0 Å². The van der Waals surface area contributed by atoms with Gasteiger partial charge in [0.1, 0.15) is 5.75 Å². The van der Waals surface area contributed by atoms with Crippen LogP contribution in [0.1, 0.15) is 31.2 Å². The first kappa shape index (κ1) is 13.0. The van der Waals surface area contributed by atoms with Crippen LogP contribution in [0.3, 0.4) is 0 Å². The summed E-state index contributed by atoms with van der Waals surface area (Å²) in [6.45, 7) is 0. The predicted octanol–water partition coefficient (Wildman–Crippen LogP) is 4.69. The fraction of sp³-hybridized carbons (Fsp3) is 0.571. The zero-order chi connectivity index (χ0) is 12.3. The Kier molecular flexibility index (Phi) is 4.58. The second-order valence-corrected chi connectivity index (χ2v) is 5.84. The molecule has 1 aliphatic rings. The molecule has 0 aromatic heterocycles. The summed E-state index contributed by atoms with van der Waals surface area (Å²) < 4.78 is 5.38. The molecule has 1 aliphatic carbocycles. The van der Waals surface area contributed by atoms with Crippen LogP contribution >= 0.6 is 23.2 Å². The molecule has 1 fully saturated rings. The number of hydrogen-bond acceptors (Lipinski definition) is 1. The van der Waals surface area contributed by atoms with Crippen molar-refractivity contribution in [2.45, 2.75) is 37.5 Å². The lowest BCUT2D eigenvalue weighted by Crippen LogP contribution is -2.17. The van der Waals surface area contributed by atoms with Crippen LogP contribution in [0.2, 0.25) is 5.02 Å². The quantitative estimate of drug-likeness (QED) is 0.726. The maximum Gasteiger partial charge on any atom is 0.122 e. The van der Waals surface area contributed by atoms with Gasteiger partial charge in [0, 0.05) is 10.4 Å². The summed E-state index contributed by atoms with van der Waals surface area (Å²) in [4.78, 5) is 0. The number of methoxy groups -OCH3 is 1. The fourth-order valence-electron chi connectivity index (χ4n) is 2.63. The van der Waals surface area contributed by atoms with Crippen LogP contribution < -0.4 is 4.74 Å². The Hall–Kier alpha value is -0.400. The molecule has 0 spiro atoms. The van der Waals surface area contributed by atoms with E-state index in [1.807, 2.05) is 18.2 Å². The van der Waals surface area contributed by atoms with Crippen molar-refractivity contribution in [3.63, 3.8) is 0 Å². The summed E-state index contributed by atoms with van der Waals surface area (Å²) in [5.74, 6) is 1.60. The number of rotatable bonds is 3. The molecule has 0 saturated heterocycles. The van der Waals surface area contributed by atoms with Gasteiger partial charge in [0.05, 0.1) is 7.11 Å². The van der Waals surface area contributed by atoms with Gasteiger partial charge in [0.25, 0.3) is 0 Å². The van der Waals surface area contributed by atoms with Crippen molar-refractivity contribution in [1.82, 2.24) is 0 Å². The molecule has 2 rings (SSSR count). The van der Waals surface area contributed by atoms with Gasteiger partial charge in [0.15, 0.2) is 0 Å². The second kappa shape index (κ2) is 5.97. The number of benzene rings is 1. The van der Waals surface area contributed by atoms with Crippen molar-refractivity contribution in [2.24, 2.45) is 5.92 Å². The average molecular weight is 273 g/mol. The van der Waals surface area contributed by atoms with E-state index >= 15 is 0 Å². The van der Waals surface area contributed by atoms with Crippen LogP contribution in [0.5, 0.6) is 5.75 Å². The first-order valence-corrected chi connectivity index (χ1v) is 6.97. The highest BCUT2D eigenvalue weighted by molar-refractivity contribution is 6.30. The molecule has 1 saturated carbocycles. The molecule has 1 aromatic rings. The summed E-state index contributed by atoms with van der Waals surface area (Å²) >= 11 is 12.3. The Labute approximate surface area is 113 Å². The summed E-state index contributed by atoms with van der Waals surface area (Å²) in [7, 11) is 1.71. The predicted molar refractivity (Wildman–Crippen MR) is 73.3 cm³/mol. The molecule has 0 aliphatic heterocycles. The van der Waals surface area contributed by atoms with Gasteiger partial charge in [-0.3, -0.25) is 0 Å². The highest BCUT2D eigenvalue weighted by Gasteiger charge is 2.21. The van der Waals surface area contributed by atoms with Gasteiger partial charge < -0.3 is 4.74 Å². The van der Waals surface area contributed by atoms with Crippen LogP contribution in [-0.2, 0) is 6.42 Å². The van der Waals surface area contributed by atoms with Crippen LogP contribution in [0.25, 0.3) is 0 Å². The minimum Gasteiger partial charge on any atom is -0.496 e. The van der Waals surface area contributed by atoms with Crippen molar-refractivity contribution >= 4 is 23.2 Å². The van der Waals surface area contributed by atoms with Crippen molar-refractivity contribution in [3.8, 4) is 5.75 Å². The maximum absolute atomic E-state index is 6.23. The van der Waals surface area contributed by atoms with Gasteiger partial charge in [-0.1, -0.05) is 24.4 Å². The lowest BCUT2D eigenvalue weighted by molar-refractivity contribution is 0.352. The summed E-state index contributed by atoms with van der Waals surface area (Å²) in [6, 6.07) is 5.83. The molecule has 0 bridgehead atoms. The van der Waals surface area contributed by atoms with Crippen molar-refractivity contribution in [2.75, 3.05) is 7.11 Å².